The zero-order chi connectivity index (χ0) is 27.3. The van der Waals surface area contributed by atoms with E-state index in [2.05, 4.69) is 10.3 Å². The van der Waals surface area contributed by atoms with Gasteiger partial charge in [-0.1, -0.05) is 12.1 Å². The molecular formula is C24H32N4O8. The van der Waals surface area contributed by atoms with Gasteiger partial charge in [0.05, 0.1) is 31.4 Å². The van der Waals surface area contributed by atoms with Crippen molar-refractivity contribution >= 4 is 29.4 Å². The summed E-state index contributed by atoms with van der Waals surface area (Å²) < 4.78 is 21.4. The molecule has 196 valence electrons. The molecule has 1 aromatic carbocycles. The van der Waals surface area contributed by atoms with Gasteiger partial charge in [-0.05, 0) is 47.6 Å². The number of nitrogens with one attached hydrogen (secondary N) is 1. The lowest BCUT2D eigenvalue weighted by molar-refractivity contribution is -0.384. The lowest BCUT2D eigenvalue weighted by atomic mass is 10.1. The molecule has 12 nitrogen and oxygen atoms in total. The Bertz CT molecular complexity index is 1090. The molecule has 0 saturated heterocycles. The number of nitrogens with zero attached hydrogens (tertiary/aromatic N) is 3. The van der Waals surface area contributed by atoms with Gasteiger partial charge in [-0.15, -0.1) is 0 Å². The number of nitro groups is 1. The Morgan fingerprint density at radius 3 is 2.03 bits per heavy atom. The number of benzene rings is 1. The summed E-state index contributed by atoms with van der Waals surface area (Å²) in [5, 5.41) is 14.4. The van der Waals surface area contributed by atoms with E-state index in [9.17, 15) is 19.7 Å². The first-order valence-corrected chi connectivity index (χ1v) is 11.0. The molecule has 2 amide bonds. The zero-order valence-corrected chi connectivity index (χ0v) is 21.7. The van der Waals surface area contributed by atoms with Crippen LogP contribution in [0.3, 0.4) is 0 Å². The first kappa shape index (κ1) is 28.1. The number of amides is 2. The molecule has 36 heavy (non-hydrogen) atoms. The van der Waals surface area contributed by atoms with Gasteiger partial charge in [0.25, 0.3) is 0 Å². The Kier molecular flexibility index (Phi) is 8.68. The van der Waals surface area contributed by atoms with E-state index in [1.165, 1.54) is 26.4 Å². The highest BCUT2D eigenvalue weighted by atomic mass is 16.6. The van der Waals surface area contributed by atoms with E-state index in [0.29, 0.717) is 11.3 Å². The van der Waals surface area contributed by atoms with Crippen LogP contribution in [-0.4, -0.2) is 52.4 Å². The monoisotopic (exact) mass is 504 g/mol. The van der Waals surface area contributed by atoms with Crippen LogP contribution in [0.4, 0.5) is 26.8 Å². The first-order valence-electron chi connectivity index (χ1n) is 11.0. The molecule has 12 heteroatoms. The van der Waals surface area contributed by atoms with Crippen molar-refractivity contribution in [2.24, 2.45) is 0 Å². The SMILES string of the molecule is COc1ccc([N+](=O)[O-])c(Nc2cccc(CN(C(=O)OC(C)(C)C)C(=O)OC(C)(C)C)c2OC)n1. The fourth-order valence-electron chi connectivity index (χ4n) is 2.97. The molecule has 1 aromatic heterocycles. The van der Waals surface area contributed by atoms with E-state index >= 15 is 0 Å². The van der Waals surface area contributed by atoms with Gasteiger partial charge in [-0.3, -0.25) is 10.1 Å². The number of anilines is 2. The normalized spacial score (nSPS) is 11.3. The highest BCUT2D eigenvalue weighted by Gasteiger charge is 2.32. The topological polar surface area (TPSA) is 142 Å². The summed E-state index contributed by atoms with van der Waals surface area (Å²) in [6, 6.07) is 7.51. The lowest BCUT2D eigenvalue weighted by Crippen LogP contribution is -2.43. The number of carbonyl (C=O) groups is 2. The standard InChI is InChI=1S/C24H32N4O8/c1-23(2,3)35-21(29)27(22(30)36-24(4,5)6)14-15-10-9-11-16(19(15)34-8)25-20-17(28(31)32)12-13-18(26-20)33-7/h9-13H,14H2,1-8H3,(H,25,26). The maximum Gasteiger partial charge on any atom is 0.420 e. The van der Waals surface area contributed by atoms with Gasteiger partial charge in [0, 0.05) is 17.7 Å². The van der Waals surface area contributed by atoms with Gasteiger partial charge in [-0.25, -0.2) is 14.5 Å². The molecule has 2 aromatic rings. The number of rotatable bonds is 7. The minimum Gasteiger partial charge on any atom is -0.494 e. The van der Waals surface area contributed by atoms with Gasteiger partial charge in [0.1, 0.15) is 17.0 Å². The van der Waals surface area contributed by atoms with Crippen molar-refractivity contribution in [1.29, 1.82) is 0 Å². The number of hydrogen-bond acceptors (Lipinski definition) is 10. The van der Waals surface area contributed by atoms with E-state index in [1.54, 1.807) is 59.7 Å². The van der Waals surface area contributed by atoms with Crippen LogP contribution < -0.4 is 14.8 Å². The van der Waals surface area contributed by atoms with Crippen LogP contribution in [-0.2, 0) is 16.0 Å². The van der Waals surface area contributed by atoms with Gasteiger partial charge >= 0.3 is 17.9 Å². The molecule has 2 rings (SSSR count). The summed E-state index contributed by atoms with van der Waals surface area (Å²) in [7, 11) is 2.78. The third-order valence-electron chi connectivity index (χ3n) is 4.36. The van der Waals surface area contributed by atoms with Crippen molar-refractivity contribution in [1.82, 2.24) is 9.88 Å². The Labute approximate surface area is 209 Å². The maximum absolute atomic E-state index is 12.9. The van der Waals surface area contributed by atoms with Crippen LogP contribution in [0.2, 0.25) is 0 Å². The molecule has 0 aliphatic heterocycles. The summed E-state index contributed by atoms with van der Waals surface area (Å²) in [6.45, 7) is 9.81. The Balaban J connectivity index is 2.49. The Morgan fingerprint density at radius 1 is 0.972 bits per heavy atom. The van der Waals surface area contributed by atoms with Crippen molar-refractivity contribution < 1.29 is 33.5 Å². The number of carbonyl (C=O) groups excluding carboxylic acids is 2. The molecule has 0 saturated carbocycles. The molecular weight excluding hydrogens is 472 g/mol. The highest BCUT2D eigenvalue weighted by molar-refractivity contribution is 5.88. The van der Waals surface area contributed by atoms with Gasteiger partial charge in [-0.2, -0.15) is 4.98 Å². The van der Waals surface area contributed by atoms with Crippen molar-refractivity contribution in [3.05, 3.63) is 46.0 Å². The van der Waals surface area contributed by atoms with Gasteiger partial charge in [0.15, 0.2) is 0 Å². The quantitative estimate of drug-likeness (QED) is 0.383. The minimum atomic E-state index is -0.901. The number of pyridine rings is 1. The predicted molar refractivity (Wildman–Crippen MR) is 132 cm³/mol. The van der Waals surface area contributed by atoms with Crippen LogP contribution in [0.1, 0.15) is 47.1 Å². The second kappa shape index (κ2) is 11.1. The first-order chi connectivity index (χ1) is 16.6. The molecule has 0 atom stereocenters. The fourth-order valence-corrected chi connectivity index (χ4v) is 2.97. The largest absolute Gasteiger partial charge is 0.494 e. The summed E-state index contributed by atoms with van der Waals surface area (Å²) in [5.41, 5.74) is -1.28. The molecule has 1 heterocycles. The summed E-state index contributed by atoms with van der Waals surface area (Å²) >= 11 is 0. The average molecular weight is 505 g/mol. The third kappa shape index (κ3) is 7.72. The molecule has 0 fully saturated rings. The average Bonchev–Trinajstić information content (AvgIpc) is 2.74. The zero-order valence-electron chi connectivity index (χ0n) is 21.7. The van der Waals surface area contributed by atoms with Crippen LogP contribution in [0.15, 0.2) is 30.3 Å². The number of imide groups is 1. The number of hydrogen-bond donors (Lipinski definition) is 1. The molecule has 0 bridgehead atoms. The summed E-state index contributed by atoms with van der Waals surface area (Å²) in [5.74, 6) is 0.318. The fraction of sp³-hybridized carbons (Fsp3) is 0.458. The van der Waals surface area contributed by atoms with E-state index in [0.717, 1.165) is 4.90 Å². The lowest BCUT2D eigenvalue weighted by Gasteiger charge is -2.29. The molecule has 0 unspecified atom stereocenters. The molecule has 0 aliphatic carbocycles. The third-order valence-corrected chi connectivity index (χ3v) is 4.36. The van der Waals surface area contributed by atoms with Crippen LogP contribution >= 0.6 is 0 Å². The number of methoxy groups -OCH3 is 2. The smallest absolute Gasteiger partial charge is 0.420 e. The molecule has 0 spiro atoms. The minimum absolute atomic E-state index is 0.0778. The van der Waals surface area contributed by atoms with E-state index in [-0.39, 0.29) is 29.7 Å². The van der Waals surface area contributed by atoms with Gasteiger partial charge in [0.2, 0.25) is 11.7 Å². The van der Waals surface area contributed by atoms with Crippen LogP contribution in [0.5, 0.6) is 11.6 Å². The maximum atomic E-state index is 12.9. The van der Waals surface area contributed by atoms with Crippen molar-refractivity contribution in [3.63, 3.8) is 0 Å². The van der Waals surface area contributed by atoms with Crippen LogP contribution in [0.25, 0.3) is 0 Å². The Morgan fingerprint density at radius 2 is 1.56 bits per heavy atom. The highest BCUT2D eigenvalue weighted by Crippen LogP contribution is 2.35. The summed E-state index contributed by atoms with van der Waals surface area (Å²) in [6.07, 6.45) is -1.80. The molecule has 1 N–H and O–H groups in total. The summed E-state index contributed by atoms with van der Waals surface area (Å²) in [4.78, 5) is 41.7. The van der Waals surface area contributed by atoms with Crippen molar-refractivity contribution in [2.45, 2.75) is 59.3 Å². The van der Waals surface area contributed by atoms with E-state index < -0.39 is 28.3 Å². The van der Waals surface area contributed by atoms with Crippen LogP contribution in [0, 0.1) is 10.1 Å². The van der Waals surface area contributed by atoms with Gasteiger partial charge < -0.3 is 24.3 Å². The second-order valence-electron chi connectivity index (χ2n) is 9.65. The molecule has 0 aliphatic rings. The van der Waals surface area contributed by atoms with E-state index in [1.807, 2.05) is 0 Å². The predicted octanol–water partition coefficient (Wildman–Crippen LogP) is 5.42. The van der Waals surface area contributed by atoms with E-state index in [4.69, 9.17) is 18.9 Å². The number of aromatic nitrogens is 1. The Hall–Kier alpha value is -4.09. The number of para-hydroxylation sites is 1. The second-order valence-corrected chi connectivity index (χ2v) is 9.65. The van der Waals surface area contributed by atoms with Crippen molar-refractivity contribution in [3.8, 4) is 11.6 Å². The van der Waals surface area contributed by atoms with Crippen molar-refractivity contribution in [2.75, 3.05) is 19.5 Å². The number of ether oxygens (including phenoxy) is 4. The molecule has 0 radical (unpaired) electrons.